The molecule has 9 heteroatoms. The first kappa shape index (κ1) is 24.1. The summed E-state index contributed by atoms with van der Waals surface area (Å²) >= 11 is 0. The van der Waals surface area contributed by atoms with Crippen molar-refractivity contribution < 1.29 is 23.9 Å². The number of aromatic nitrogens is 2. The molecule has 0 spiro atoms. The number of hydrogen-bond acceptors (Lipinski definition) is 5. The largest absolute Gasteiger partial charge is 0.376 e. The standard InChI is InChI=1S/C23H26FN3O4.ClH/c1-15(2)31-10-9-30-14-17-13-26(12-16-3-5-18(24)6-4-16)20-11-25-22-19(21(17)20)7-8-27(29)23(22)28;/h3-6,11,13,15,29H,7-10,12,14H2,1-2H3;1H. The average molecular weight is 464 g/mol. The highest BCUT2D eigenvalue weighted by molar-refractivity contribution is 6.00. The Labute approximate surface area is 192 Å². The van der Waals surface area contributed by atoms with Crippen LogP contribution in [0.15, 0.2) is 36.7 Å². The lowest BCUT2D eigenvalue weighted by molar-refractivity contribution is -0.0606. The number of carbonyl (C=O) groups is 1. The predicted octanol–water partition coefficient (Wildman–Crippen LogP) is 3.97. The van der Waals surface area contributed by atoms with E-state index in [9.17, 15) is 14.4 Å². The Balaban J connectivity index is 0.00000289. The second-order valence-electron chi connectivity index (χ2n) is 7.90. The highest BCUT2D eigenvalue weighted by Crippen LogP contribution is 2.31. The molecule has 1 aliphatic rings. The van der Waals surface area contributed by atoms with Gasteiger partial charge in [0.15, 0.2) is 0 Å². The van der Waals surface area contributed by atoms with Crippen molar-refractivity contribution in [3.63, 3.8) is 0 Å². The van der Waals surface area contributed by atoms with E-state index in [0.29, 0.717) is 37.8 Å². The Morgan fingerprint density at radius 1 is 1.22 bits per heavy atom. The molecule has 0 aliphatic carbocycles. The van der Waals surface area contributed by atoms with Gasteiger partial charge in [0, 0.05) is 23.7 Å². The molecule has 1 aromatic carbocycles. The van der Waals surface area contributed by atoms with Crippen LogP contribution in [0.2, 0.25) is 0 Å². The molecular formula is C23H27ClFN3O4. The zero-order valence-corrected chi connectivity index (χ0v) is 18.9. The SMILES string of the molecule is CC(C)OCCOCc1cn(Cc2ccc(F)cc2)c2cnc3c(c12)CCN(O)C3=O.Cl. The molecule has 0 fully saturated rings. The highest BCUT2D eigenvalue weighted by Gasteiger charge is 2.28. The third-order valence-corrected chi connectivity index (χ3v) is 5.32. The maximum atomic E-state index is 13.3. The highest BCUT2D eigenvalue weighted by atomic mass is 35.5. The van der Waals surface area contributed by atoms with Gasteiger partial charge < -0.3 is 14.0 Å². The molecule has 0 saturated carbocycles. The van der Waals surface area contributed by atoms with Crippen LogP contribution >= 0.6 is 12.4 Å². The van der Waals surface area contributed by atoms with E-state index in [1.54, 1.807) is 18.3 Å². The molecule has 0 atom stereocenters. The van der Waals surface area contributed by atoms with Gasteiger partial charge in [0.05, 0.1) is 44.2 Å². The number of hydrogen-bond donors (Lipinski definition) is 1. The molecule has 0 radical (unpaired) electrons. The lowest BCUT2D eigenvalue weighted by atomic mass is 9.99. The number of benzene rings is 1. The van der Waals surface area contributed by atoms with Crippen LogP contribution in [-0.4, -0.2) is 51.6 Å². The van der Waals surface area contributed by atoms with Crippen molar-refractivity contribution in [3.8, 4) is 0 Å². The van der Waals surface area contributed by atoms with Crippen molar-refractivity contribution in [2.75, 3.05) is 19.8 Å². The van der Waals surface area contributed by atoms with Crippen LogP contribution in [-0.2, 0) is 29.0 Å². The fraction of sp³-hybridized carbons (Fsp3) is 0.391. The number of nitrogens with zero attached hydrogens (tertiary/aromatic N) is 3. The van der Waals surface area contributed by atoms with Gasteiger partial charge in [-0.05, 0) is 43.5 Å². The smallest absolute Gasteiger partial charge is 0.296 e. The number of ether oxygens (including phenoxy) is 2. The Morgan fingerprint density at radius 3 is 2.69 bits per heavy atom. The van der Waals surface area contributed by atoms with E-state index in [4.69, 9.17) is 9.47 Å². The molecule has 4 rings (SSSR count). The molecule has 1 amide bonds. The molecule has 3 heterocycles. The summed E-state index contributed by atoms with van der Waals surface area (Å²) in [6, 6.07) is 6.38. The Morgan fingerprint density at radius 2 is 1.97 bits per heavy atom. The number of rotatable bonds is 8. The number of pyridine rings is 1. The summed E-state index contributed by atoms with van der Waals surface area (Å²) in [4.78, 5) is 16.7. The zero-order chi connectivity index (χ0) is 22.0. The van der Waals surface area contributed by atoms with Gasteiger partial charge in [-0.3, -0.25) is 10.0 Å². The molecule has 3 aromatic rings. The predicted molar refractivity (Wildman–Crippen MR) is 120 cm³/mol. The van der Waals surface area contributed by atoms with Gasteiger partial charge in [0.25, 0.3) is 5.91 Å². The van der Waals surface area contributed by atoms with Gasteiger partial charge >= 0.3 is 0 Å². The molecule has 32 heavy (non-hydrogen) atoms. The third-order valence-electron chi connectivity index (χ3n) is 5.32. The van der Waals surface area contributed by atoms with Crippen LogP contribution in [0, 0.1) is 5.82 Å². The molecule has 0 unspecified atom stereocenters. The van der Waals surface area contributed by atoms with E-state index in [0.717, 1.165) is 27.6 Å². The van der Waals surface area contributed by atoms with Gasteiger partial charge in [0.2, 0.25) is 0 Å². The van der Waals surface area contributed by atoms with Crippen molar-refractivity contribution in [1.29, 1.82) is 0 Å². The molecule has 0 saturated heterocycles. The van der Waals surface area contributed by atoms with Crippen LogP contribution in [0.25, 0.3) is 10.9 Å². The summed E-state index contributed by atoms with van der Waals surface area (Å²) in [6.45, 7) is 6.03. The van der Waals surface area contributed by atoms with Crippen molar-refractivity contribution >= 4 is 29.2 Å². The van der Waals surface area contributed by atoms with E-state index in [-0.39, 0.29) is 36.6 Å². The fourth-order valence-corrected chi connectivity index (χ4v) is 3.86. The molecular weight excluding hydrogens is 437 g/mol. The van der Waals surface area contributed by atoms with Crippen molar-refractivity contribution in [3.05, 3.63) is 64.9 Å². The molecule has 1 N–H and O–H groups in total. The second kappa shape index (κ2) is 10.4. The van der Waals surface area contributed by atoms with E-state index in [2.05, 4.69) is 4.98 Å². The van der Waals surface area contributed by atoms with Crippen molar-refractivity contribution in [2.45, 2.75) is 39.5 Å². The Kier molecular flexibility index (Phi) is 7.84. The number of carbonyl (C=O) groups excluding carboxylic acids is 1. The van der Waals surface area contributed by atoms with Gasteiger partial charge in [-0.25, -0.2) is 14.4 Å². The minimum absolute atomic E-state index is 0. The van der Waals surface area contributed by atoms with E-state index in [1.165, 1.54) is 12.1 Å². The van der Waals surface area contributed by atoms with Gasteiger partial charge in [-0.1, -0.05) is 12.1 Å². The van der Waals surface area contributed by atoms with Crippen LogP contribution in [0.3, 0.4) is 0 Å². The lowest BCUT2D eigenvalue weighted by Gasteiger charge is -2.23. The summed E-state index contributed by atoms with van der Waals surface area (Å²) < 4.78 is 26.7. The van der Waals surface area contributed by atoms with Crippen LogP contribution in [0.5, 0.6) is 0 Å². The third kappa shape index (κ3) is 5.10. The molecule has 0 bridgehead atoms. The Hall–Kier alpha value is -2.52. The maximum absolute atomic E-state index is 13.3. The first-order valence-corrected chi connectivity index (χ1v) is 10.4. The van der Waals surface area contributed by atoms with Crippen LogP contribution in [0.1, 0.15) is 41.0 Å². The summed E-state index contributed by atoms with van der Waals surface area (Å²) in [5.41, 5.74) is 3.86. The number of halogens is 2. The summed E-state index contributed by atoms with van der Waals surface area (Å²) in [5.74, 6) is -0.770. The summed E-state index contributed by atoms with van der Waals surface area (Å²) in [5, 5.41) is 11.4. The monoisotopic (exact) mass is 463 g/mol. The zero-order valence-electron chi connectivity index (χ0n) is 18.1. The topological polar surface area (TPSA) is 76.8 Å². The summed E-state index contributed by atoms with van der Waals surface area (Å²) in [7, 11) is 0. The van der Waals surface area contributed by atoms with E-state index in [1.807, 2.05) is 24.6 Å². The molecule has 7 nitrogen and oxygen atoms in total. The first-order valence-electron chi connectivity index (χ1n) is 10.4. The van der Waals surface area contributed by atoms with Gasteiger partial charge in [-0.15, -0.1) is 12.4 Å². The minimum Gasteiger partial charge on any atom is -0.376 e. The fourth-order valence-electron chi connectivity index (χ4n) is 3.86. The van der Waals surface area contributed by atoms with E-state index >= 15 is 0 Å². The van der Waals surface area contributed by atoms with Crippen molar-refractivity contribution in [2.24, 2.45) is 0 Å². The minimum atomic E-state index is -0.494. The molecule has 2 aromatic heterocycles. The average Bonchev–Trinajstić information content (AvgIpc) is 3.09. The molecule has 1 aliphatic heterocycles. The normalized spacial score (nSPS) is 13.5. The maximum Gasteiger partial charge on any atom is 0.296 e. The summed E-state index contributed by atoms with van der Waals surface area (Å²) in [6.07, 6.45) is 4.30. The van der Waals surface area contributed by atoms with Gasteiger partial charge in [0.1, 0.15) is 11.5 Å². The molecule has 172 valence electrons. The quantitative estimate of drug-likeness (QED) is 0.404. The van der Waals surface area contributed by atoms with E-state index < -0.39 is 5.91 Å². The van der Waals surface area contributed by atoms with Crippen LogP contribution < -0.4 is 0 Å². The number of hydroxylamine groups is 2. The number of fused-ring (bicyclic) bond motifs is 3. The van der Waals surface area contributed by atoms with Crippen molar-refractivity contribution in [1.82, 2.24) is 14.6 Å². The first-order chi connectivity index (χ1) is 14.9. The lowest BCUT2D eigenvalue weighted by Crippen LogP contribution is -2.35. The second-order valence-corrected chi connectivity index (χ2v) is 7.90. The van der Waals surface area contributed by atoms with Gasteiger partial charge in [-0.2, -0.15) is 0 Å². The van der Waals surface area contributed by atoms with Crippen LogP contribution in [0.4, 0.5) is 4.39 Å². The Bertz CT molecular complexity index is 1090. The number of amides is 1.